The Kier molecular flexibility index (Phi) is 8.74. The van der Waals surface area contributed by atoms with E-state index in [-0.39, 0.29) is 5.69 Å². The molecular weight excluding hydrogens is 278 g/mol. The van der Waals surface area contributed by atoms with Gasteiger partial charge in [0.05, 0.1) is 24.7 Å². The minimum absolute atomic E-state index is 0.0327. The molecule has 0 aromatic heterocycles. The van der Waals surface area contributed by atoms with E-state index in [9.17, 15) is 14.9 Å². The largest absolute Gasteiger partial charge is 0.491 e. The summed E-state index contributed by atoms with van der Waals surface area (Å²) >= 11 is 0. The third-order valence-corrected chi connectivity index (χ3v) is 2.53. The second kappa shape index (κ2) is 10.8. The van der Waals surface area contributed by atoms with Crippen LogP contribution in [0.5, 0.6) is 5.75 Å². The predicted octanol–water partition coefficient (Wildman–Crippen LogP) is 1.99. The van der Waals surface area contributed by atoms with Crippen molar-refractivity contribution in [3.05, 3.63) is 34.4 Å². The Hall–Kier alpha value is -1.99. The molecule has 0 saturated heterocycles. The molecule has 7 nitrogen and oxygen atoms in total. The number of ether oxygens (including phenoxy) is 3. The van der Waals surface area contributed by atoms with Crippen LogP contribution in [0.4, 0.5) is 5.69 Å². The van der Waals surface area contributed by atoms with Gasteiger partial charge in [-0.1, -0.05) is 0 Å². The van der Waals surface area contributed by atoms with Gasteiger partial charge in [0, 0.05) is 25.2 Å². The number of carbonyl (C=O) groups excluding carboxylic acids is 1. The standard InChI is InChI=1S/C14H19NO6/c16-7-1-2-8-19-9-10-20-11-12-21-14-5-3-13(4-6-14)15(17)18/h3-7H,1-2,8-12H2. The van der Waals surface area contributed by atoms with E-state index in [1.54, 1.807) is 12.1 Å². The quantitative estimate of drug-likeness (QED) is 0.254. The summed E-state index contributed by atoms with van der Waals surface area (Å²) in [5.74, 6) is 0.564. The maximum Gasteiger partial charge on any atom is 0.269 e. The lowest BCUT2D eigenvalue weighted by Gasteiger charge is -2.07. The Balaban J connectivity index is 1.99. The molecule has 0 atom stereocenters. The third-order valence-electron chi connectivity index (χ3n) is 2.53. The van der Waals surface area contributed by atoms with Gasteiger partial charge in [-0.3, -0.25) is 10.1 Å². The number of nitro benzene ring substituents is 1. The maximum absolute atomic E-state index is 10.5. The Morgan fingerprint density at radius 1 is 1.00 bits per heavy atom. The molecule has 0 amide bonds. The number of non-ortho nitro benzene ring substituents is 1. The molecule has 0 unspecified atom stereocenters. The second-order valence-electron chi connectivity index (χ2n) is 4.13. The van der Waals surface area contributed by atoms with Crippen LogP contribution >= 0.6 is 0 Å². The van der Waals surface area contributed by atoms with Gasteiger partial charge in [-0.15, -0.1) is 0 Å². The van der Waals surface area contributed by atoms with E-state index in [0.717, 1.165) is 12.7 Å². The average Bonchev–Trinajstić information content (AvgIpc) is 2.49. The molecule has 116 valence electrons. The highest BCUT2D eigenvalue weighted by Crippen LogP contribution is 2.16. The monoisotopic (exact) mass is 297 g/mol. The lowest BCUT2D eigenvalue weighted by molar-refractivity contribution is -0.384. The van der Waals surface area contributed by atoms with E-state index in [1.165, 1.54) is 12.1 Å². The highest BCUT2D eigenvalue weighted by atomic mass is 16.6. The van der Waals surface area contributed by atoms with E-state index in [4.69, 9.17) is 14.2 Å². The maximum atomic E-state index is 10.5. The first kappa shape index (κ1) is 17.1. The number of hydrogen-bond acceptors (Lipinski definition) is 6. The number of unbranched alkanes of at least 4 members (excludes halogenated alkanes) is 1. The van der Waals surface area contributed by atoms with Gasteiger partial charge in [-0.05, 0) is 18.6 Å². The van der Waals surface area contributed by atoms with Crippen molar-refractivity contribution in [2.75, 3.05) is 33.0 Å². The first-order valence-electron chi connectivity index (χ1n) is 6.70. The SMILES string of the molecule is O=CCCCOCCOCCOc1ccc([N+](=O)[O-])cc1. The zero-order valence-corrected chi connectivity index (χ0v) is 11.7. The third kappa shape index (κ3) is 8.01. The number of carbonyl (C=O) groups is 1. The number of aldehydes is 1. The van der Waals surface area contributed by atoms with Crippen molar-refractivity contribution in [2.45, 2.75) is 12.8 Å². The van der Waals surface area contributed by atoms with Crippen LogP contribution in [0, 0.1) is 10.1 Å². The Morgan fingerprint density at radius 2 is 1.62 bits per heavy atom. The molecule has 0 heterocycles. The molecule has 0 aliphatic rings. The summed E-state index contributed by atoms with van der Waals surface area (Å²) in [7, 11) is 0. The molecule has 1 rings (SSSR count). The summed E-state index contributed by atoms with van der Waals surface area (Å²) < 4.78 is 15.9. The Morgan fingerprint density at radius 3 is 2.24 bits per heavy atom. The van der Waals surface area contributed by atoms with Crippen LogP contribution in [0.25, 0.3) is 0 Å². The van der Waals surface area contributed by atoms with Crippen molar-refractivity contribution >= 4 is 12.0 Å². The average molecular weight is 297 g/mol. The minimum Gasteiger partial charge on any atom is -0.491 e. The van der Waals surface area contributed by atoms with Gasteiger partial charge in [0.1, 0.15) is 18.6 Å². The lowest BCUT2D eigenvalue weighted by Crippen LogP contribution is -2.11. The van der Waals surface area contributed by atoms with Crippen LogP contribution in [0.1, 0.15) is 12.8 Å². The first-order chi connectivity index (χ1) is 10.2. The topological polar surface area (TPSA) is 87.9 Å². The lowest BCUT2D eigenvalue weighted by atomic mass is 10.3. The summed E-state index contributed by atoms with van der Waals surface area (Å²) in [6.45, 7) is 2.28. The fourth-order valence-electron chi connectivity index (χ4n) is 1.47. The fourth-order valence-corrected chi connectivity index (χ4v) is 1.47. The van der Waals surface area contributed by atoms with Crippen molar-refractivity contribution in [3.8, 4) is 5.75 Å². The van der Waals surface area contributed by atoms with Crippen LogP contribution < -0.4 is 4.74 Å². The summed E-state index contributed by atoms with van der Waals surface area (Å²) in [6.07, 6.45) is 2.12. The molecule has 0 spiro atoms. The van der Waals surface area contributed by atoms with Crippen LogP contribution in [0.3, 0.4) is 0 Å². The molecule has 0 saturated carbocycles. The highest BCUT2D eigenvalue weighted by molar-refractivity contribution is 5.48. The van der Waals surface area contributed by atoms with E-state index in [1.807, 2.05) is 0 Å². The summed E-state index contributed by atoms with van der Waals surface area (Å²) in [6, 6.07) is 5.88. The van der Waals surface area contributed by atoms with Crippen molar-refractivity contribution in [2.24, 2.45) is 0 Å². The molecule has 1 aromatic rings. The van der Waals surface area contributed by atoms with Crippen LogP contribution in [0.2, 0.25) is 0 Å². The number of nitro groups is 1. The molecule has 0 bridgehead atoms. The zero-order valence-electron chi connectivity index (χ0n) is 11.7. The van der Waals surface area contributed by atoms with Crippen LogP contribution in [-0.2, 0) is 14.3 Å². The molecular formula is C14H19NO6. The number of hydrogen-bond donors (Lipinski definition) is 0. The van der Waals surface area contributed by atoms with Gasteiger partial charge in [0.2, 0.25) is 0 Å². The Labute approximate surface area is 123 Å². The minimum atomic E-state index is -0.456. The van der Waals surface area contributed by atoms with Gasteiger partial charge in [-0.2, -0.15) is 0 Å². The summed E-state index contributed by atoms with van der Waals surface area (Å²) in [5, 5.41) is 10.5. The van der Waals surface area contributed by atoms with Crippen LogP contribution in [-0.4, -0.2) is 44.2 Å². The fraction of sp³-hybridized carbons (Fsp3) is 0.500. The van der Waals surface area contributed by atoms with Crippen molar-refractivity contribution in [1.29, 1.82) is 0 Å². The Bertz CT molecular complexity index is 420. The highest BCUT2D eigenvalue weighted by Gasteiger charge is 2.03. The molecule has 0 aliphatic heterocycles. The summed E-state index contributed by atoms with van der Waals surface area (Å²) in [4.78, 5) is 20.1. The van der Waals surface area contributed by atoms with Crippen LogP contribution in [0.15, 0.2) is 24.3 Å². The second-order valence-corrected chi connectivity index (χ2v) is 4.13. The van der Waals surface area contributed by atoms with E-state index >= 15 is 0 Å². The molecule has 0 N–H and O–H groups in total. The van der Waals surface area contributed by atoms with Crippen molar-refractivity contribution < 1.29 is 23.9 Å². The zero-order chi connectivity index (χ0) is 15.3. The number of rotatable bonds is 12. The van der Waals surface area contributed by atoms with Gasteiger partial charge in [0.15, 0.2) is 0 Å². The molecule has 0 aliphatic carbocycles. The predicted molar refractivity (Wildman–Crippen MR) is 75.5 cm³/mol. The normalized spacial score (nSPS) is 10.3. The molecule has 21 heavy (non-hydrogen) atoms. The van der Waals surface area contributed by atoms with Gasteiger partial charge < -0.3 is 19.0 Å². The van der Waals surface area contributed by atoms with Gasteiger partial charge in [-0.25, -0.2) is 0 Å². The first-order valence-corrected chi connectivity index (χ1v) is 6.70. The van der Waals surface area contributed by atoms with E-state index in [2.05, 4.69) is 0 Å². The van der Waals surface area contributed by atoms with Crippen molar-refractivity contribution in [1.82, 2.24) is 0 Å². The van der Waals surface area contributed by atoms with E-state index < -0.39 is 4.92 Å². The molecule has 7 heteroatoms. The smallest absolute Gasteiger partial charge is 0.269 e. The van der Waals surface area contributed by atoms with E-state index in [0.29, 0.717) is 45.2 Å². The summed E-state index contributed by atoms with van der Waals surface area (Å²) in [5.41, 5.74) is 0.0327. The van der Waals surface area contributed by atoms with Crippen molar-refractivity contribution in [3.63, 3.8) is 0 Å². The molecule has 1 aromatic carbocycles. The number of nitrogens with zero attached hydrogens (tertiary/aromatic N) is 1. The number of benzene rings is 1. The van der Waals surface area contributed by atoms with Gasteiger partial charge >= 0.3 is 0 Å². The molecule has 0 fully saturated rings. The van der Waals surface area contributed by atoms with Gasteiger partial charge in [0.25, 0.3) is 5.69 Å². The molecule has 0 radical (unpaired) electrons.